The Hall–Kier alpha value is -2.29. The van der Waals surface area contributed by atoms with E-state index in [0.29, 0.717) is 10.3 Å². The summed E-state index contributed by atoms with van der Waals surface area (Å²) in [5, 5.41) is 20.9. The van der Waals surface area contributed by atoms with Gasteiger partial charge in [-0.1, -0.05) is 0 Å². The van der Waals surface area contributed by atoms with Gasteiger partial charge in [0.1, 0.15) is 6.33 Å². The minimum atomic E-state index is -0.550. The maximum Gasteiger partial charge on any atom is 0.270 e. The van der Waals surface area contributed by atoms with Crippen molar-refractivity contribution in [1.82, 2.24) is 20.1 Å². The molecule has 1 heterocycles. The van der Waals surface area contributed by atoms with Gasteiger partial charge in [-0.15, -0.1) is 10.2 Å². The Kier molecular flexibility index (Phi) is 4.08. The highest BCUT2D eigenvalue weighted by atomic mass is 79.9. The van der Waals surface area contributed by atoms with Gasteiger partial charge >= 0.3 is 0 Å². The minimum absolute atomic E-state index is 0.142. The van der Waals surface area contributed by atoms with E-state index in [1.807, 2.05) is 0 Å². The van der Waals surface area contributed by atoms with Crippen LogP contribution in [-0.4, -0.2) is 25.6 Å². The Labute approximate surface area is 122 Å². The molecule has 1 aromatic carbocycles. The second-order valence-electron chi connectivity index (χ2n) is 3.96. The highest BCUT2D eigenvalue weighted by Gasteiger charge is 2.15. The van der Waals surface area contributed by atoms with E-state index < -0.39 is 10.8 Å². The number of hydrogen-bond donors (Lipinski definition) is 1. The normalized spacial score (nSPS) is 10.3. The van der Waals surface area contributed by atoms with Crippen molar-refractivity contribution in [3.8, 4) is 0 Å². The second-order valence-corrected chi connectivity index (χ2v) is 4.82. The van der Waals surface area contributed by atoms with Crippen LogP contribution in [0.1, 0.15) is 16.2 Å². The number of rotatable bonds is 4. The molecule has 0 bridgehead atoms. The first-order chi connectivity index (χ1) is 9.49. The van der Waals surface area contributed by atoms with Crippen LogP contribution < -0.4 is 5.32 Å². The number of aromatic nitrogens is 3. The molecular formula is C11H10BrN5O3. The lowest BCUT2D eigenvalue weighted by atomic mass is 10.2. The van der Waals surface area contributed by atoms with Crippen molar-refractivity contribution in [2.45, 2.75) is 6.54 Å². The van der Waals surface area contributed by atoms with Crippen LogP contribution >= 0.6 is 15.9 Å². The summed E-state index contributed by atoms with van der Waals surface area (Å²) >= 11 is 3.20. The number of nitro groups is 1. The molecule has 0 unspecified atom stereocenters. The fraction of sp³-hybridized carbons (Fsp3) is 0.182. The number of aryl methyl sites for hydroxylation is 1. The number of nitrogens with one attached hydrogen (secondary N) is 1. The molecule has 0 aliphatic heterocycles. The number of amides is 1. The Morgan fingerprint density at radius 1 is 1.55 bits per heavy atom. The molecule has 1 N–H and O–H groups in total. The predicted molar refractivity (Wildman–Crippen MR) is 73.0 cm³/mol. The van der Waals surface area contributed by atoms with E-state index in [9.17, 15) is 14.9 Å². The van der Waals surface area contributed by atoms with E-state index in [-0.39, 0.29) is 17.8 Å². The predicted octanol–water partition coefficient (Wildman–Crippen LogP) is 1.42. The lowest BCUT2D eigenvalue weighted by molar-refractivity contribution is -0.384. The molecule has 104 valence electrons. The zero-order valence-corrected chi connectivity index (χ0v) is 12.0. The molecular weight excluding hydrogens is 330 g/mol. The van der Waals surface area contributed by atoms with Gasteiger partial charge in [0.25, 0.3) is 11.6 Å². The topological polar surface area (TPSA) is 103 Å². The van der Waals surface area contributed by atoms with E-state index in [4.69, 9.17) is 0 Å². The summed E-state index contributed by atoms with van der Waals surface area (Å²) in [6.45, 7) is 0.185. The van der Waals surface area contributed by atoms with Crippen molar-refractivity contribution in [3.05, 3.63) is 50.5 Å². The molecule has 0 atom stereocenters. The molecule has 0 spiro atoms. The molecule has 1 aromatic heterocycles. The van der Waals surface area contributed by atoms with Gasteiger partial charge in [0, 0.05) is 23.7 Å². The largest absolute Gasteiger partial charge is 0.345 e. The Balaban J connectivity index is 2.15. The van der Waals surface area contributed by atoms with Crippen LogP contribution in [0.3, 0.4) is 0 Å². The fourth-order valence-corrected chi connectivity index (χ4v) is 1.95. The Morgan fingerprint density at radius 3 is 2.90 bits per heavy atom. The second kappa shape index (κ2) is 5.78. The molecule has 0 radical (unpaired) electrons. The van der Waals surface area contributed by atoms with Gasteiger partial charge in [0.2, 0.25) is 0 Å². The number of nitrogens with zero attached hydrogens (tertiary/aromatic N) is 4. The molecule has 0 aliphatic carbocycles. The smallest absolute Gasteiger partial charge is 0.270 e. The summed E-state index contributed by atoms with van der Waals surface area (Å²) in [7, 11) is 1.75. The fourth-order valence-electron chi connectivity index (χ4n) is 1.52. The first-order valence-corrected chi connectivity index (χ1v) is 6.33. The average Bonchev–Trinajstić information content (AvgIpc) is 2.81. The molecule has 0 aliphatic rings. The van der Waals surface area contributed by atoms with Crippen molar-refractivity contribution in [3.63, 3.8) is 0 Å². The van der Waals surface area contributed by atoms with Crippen molar-refractivity contribution in [2.75, 3.05) is 0 Å². The SMILES string of the molecule is Cn1cnnc1CNC(=O)c1cc([N+](=O)[O-])ccc1Br. The summed E-state index contributed by atoms with van der Waals surface area (Å²) in [5.74, 6) is 0.156. The van der Waals surface area contributed by atoms with E-state index >= 15 is 0 Å². The van der Waals surface area contributed by atoms with Crippen molar-refractivity contribution >= 4 is 27.5 Å². The third-order valence-corrected chi connectivity index (χ3v) is 3.31. The quantitative estimate of drug-likeness (QED) is 0.670. The first kappa shape index (κ1) is 14.1. The zero-order chi connectivity index (χ0) is 14.7. The van der Waals surface area contributed by atoms with Crippen molar-refractivity contribution in [1.29, 1.82) is 0 Å². The van der Waals surface area contributed by atoms with Gasteiger partial charge in [-0.3, -0.25) is 14.9 Å². The van der Waals surface area contributed by atoms with Gasteiger partial charge in [-0.25, -0.2) is 0 Å². The third-order valence-electron chi connectivity index (χ3n) is 2.62. The van der Waals surface area contributed by atoms with Crippen molar-refractivity contribution < 1.29 is 9.72 Å². The van der Waals surface area contributed by atoms with Crippen LogP contribution in [0.5, 0.6) is 0 Å². The van der Waals surface area contributed by atoms with Gasteiger partial charge < -0.3 is 9.88 Å². The molecule has 8 nitrogen and oxygen atoms in total. The average molecular weight is 340 g/mol. The highest BCUT2D eigenvalue weighted by Crippen LogP contribution is 2.22. The zero-order valence-electron chi connectivity index (χ0n) is 10.4. The first-order valence-electron chi connectivity index (χ1n) is 5.54. The molecule has 9 heteroatoms. The Morgan fingerprint density at radius 2 is 2.30 bits per heavy atom. The molecule has 0 saturated carbocycles. The molecule has 2 aromatic rings. The molecule has 1 amide bonds. The van der Waals surface area contributed by atoms with E-state index in [2.05, 4.69) is 31.4 Å². The van der Waals surface area contributed by atoms with Gasteiger partial charge in [0.15, 0.2) is 5.82 Å². The van der Waals surface area contributed by atoms with Crippen LogP contribution in [0.4, 0.5) is 5.69 Å². The van der Waals surface area contributed by atoms with Crippen LogP contribution in [0.25, 0.3) is 0 Å². The van der Waals surface area contributed by atoms with E-state index in [0.717, 1.165) is 0 Å². The van der Waals surface area contributed by atoms with Gasteiger partial charge in [0.05, 0.1) is 17.0 Å². The summed E-state index contributed by atoms with van der Waals surface area (Å²) in [4.78, 5) is 22.2. The maximum atomic E-state index is 12.0. The number of carbonyl (C=O) groups excluding carboxylic acids is 1. The van der Waals surface area contributed by atoms with Crippen LogP contribution in [-0.2, 0) is 13.6 Å². The third kappa shape index (κ3) is 2.99. The number of benzene rings is 1. The highest BCUT2D eigenvalue weighted by molar-refractivity contribution is 9.10. The lowest BCUT2D eigenvalue weighted by Crippen LogP contribution is -2.24. The maximum absolute atomic E-state index is 12.0. The van der Waals surface area contributed by atoms with E-state index in [1.165, 1.54) is 24.5 Å². The molecule has 0 saturated heterocycles. The number of hydrogen-bond acceptors (Lipinski definition) is 5. The number of halogens is 1. The summed E-state index contributed by atoms with van der Waals surface area (Å²) in [5.41, 5.74) is 0.0541. The standard InChI is InChI=1S/C11H10BrN5O3/c1-16-6-14-15-10(16)5-13-11(18)8-4-7(17(19)20)2-3-9(8)12/h2-4,6H,5H2,1H3,(H,13,18). The molecule has 20 heavy (non-hydrogen) atoms. The minimum Gasteiger partial charge on any atom is -0.345 e. The van der Waals surface area contributed by atoms with E-state index in [1.54, 1.807) is 11.6 Å². The van der Waals surface area contributed by atoms with Gasteiger partial charge in [-0.2, -0.15) is 0 Å². The van der Waals surface area contributed by atoms with Crippen molar-refractivity contribution in [2.24, 2.45) is 7.05 Å². The number of carbonyl (C=O) groups is 1. The number of nitro benzene ring substituents is 1. The molecule has 2 rings (SSSR count). The monoisotopic (exact) mass is 339 g/mol. The summed E-state index contributed by atoms with van der Waals surface area (Å²) in [6, 6.07) is 4.01. The lowest BCUT2D eigenvalue weighted by Gasteiger charge is -2.06. The van der Waals surface area contributed by atoms with Crippen LogP contribution in [0.2, 0.25) is 0 Å². The summed E-state index contributed by atoms with van der Waals surface area (Å²) < 4.78 is 2.15. The number of non-ortho nitro benzene ring substituents is 1. The van der Waals surface area contributed by atoms with Crippen LogP contribution in [0.15, 0.2) is 29.0 Å². The molecule has 0 fully saturated rings. The Bertz CT molecular complexity index is 670. The summed E-state index contributed by atoms with van der Waals surface area (Å²) in [6.07, 6.45) is 1.52. The van der Waals surface area contributed by atoms with Gasteiger partial charge in [-0.05, 0) is 22.0 Å². The van der Waals surface area contributed by atoms with Crippen LogP contribution in [0, 0.1) is 10.1 Å².